The first-order valence-electron chi connectivity index (χ1n) is 6.04. The van der Waals surface area contributed by atoms with Crippen molar-refractivity contribution in [3.05, 3.63) is 59.4 Å². The smallest absolute Gasteiger partial charge is 0.119 e. The van der Waals surface area contributed by atoms with Crippen LogP contribution in [0.25, 0.3) is 0 Å². The molecule has 0 radical (unpaired) electrons. The second kappa shape index (κ2) is 4.10. The van der Waals surface area contributed by atoms with Crippen LogP contribution in [0.1, 0.15) is 23.1 Å². The number of hydrogen-bond donors (Lipinski definition) is 1. The Labute approximate surface area is 106 Å². The number of nitrogens with zero attached hydrogens (tertiary/aromatic N) is 1. The average Bonchev–Trinajstić information content (AvgIpc) is 2.78. The number of methoxy groups -OCH3 is 1. The van der Waals surface area contributed by atoms with Crippen molar-refractivity contribution in [1.82, 2.24) is 4.98 Å². The number of hydrogen-bond acceptors (Lipinski definition) is 3. The van der Waals surface area contributed by atoms with Crippen LogP contribution in [-0.2, 0) is 12.0 Å². The fourth-order valence-electron chi connectivity index (χ4n) is 2.66. The van der Waals surface area contributed by atoms with Gasteiger partial charge in [-0.25, -0.2) is 0 Å². The molecule has 1 aliphatic rings. The summed E-state index contributed by atoms with van der Waals surface area (Å²) in [5, 5.41) is 11.0. The Morgan fingerprint density at radius 2 is 2.00 bits per heavy atom. The van der Waals surface area contributed by atoms with E-state index in [-0.39, 0.29) is 0 Å². The molecule has 1 heterocycles. The molecule has 3 rings (SSSR count). The van der Waals surface area contributed by atoms with Gasteiger partial charge in [-0.15, -0.1) is 0 Å². The number of aryl methyl sites for hydroxylation is 1. The van der Waals surface area contributed by atoms with Crippen LogP contribution in [0, 0.1) is 0 Å². The molecule has 1 atom stereocenters. The van der Waals surface area contributed by atoms with Crippen molar-refractivity contribution in [1.29, 1.82) is 0 Å². The molecule has 2 aromatic rings. The Hall–Kier alpha value is -1.87. The zero-order valence-electron chi connectivity index (χ0n) is 10.3. The SMILES string of the molecule is COc1ccc2c(c1)C(O)(c1ccncc1)CC2. The van der Waals surface area contributed by atoms with E-state index in [0.29, 0.717) is 6.42 Å². The van der Waals surface area contributed by atoms with Gasteiger partial charge in [-0.1, -0.05) is 6.07 Å². The van der Waals surface area contributed by atoms with Crippen LogP contribution in [0.2, 0.25) is 0 Å². The third-order valence-electron chi connectivity index (χ3n) is 3.68. The number of aliphatic hydroxyl groups is 1. The van der Waals surface area contributed by atoms with Crippen molar-refractivity contribution in [3.8, 4) is 5.75 Å². The molecule has 1 aromatic carbocycles. The summed E-state index contributed by atoms with van der Waals surface area (Å²) in [6.45, 7) is 0. The molecule has 3 nitrogen and oxygen atoms in total. The van der Waals surface area contributed by atoms with E-state index in [2.05, 4.69) is 4.98 Å². The van der Waals surface area contributed by atoms with Crippen LogP contribution >= 0.6 is 0 Å². The molecular weight excluding hydrogens is 226 g/mol. The van der Waals surface area contributed by atoms with Crippen LogP contribution in [0.3, 0.4) is 0 Å². The first kappa shape index (κ1) is 11.2. The summed E-state index contributed by atoms with van der Waals surface area (Å²) in [6, 6.07) is 9.65. The molecule has 18 heavy (non-hydrogen) atoms. The van der Waals surface area contributed by atoms with Gasteiger partial charge in [0.15, 0.2) is 0 Å². The van der Waals surface area contributed by atoms with E-state index in [1.54, 1.807) is 19.5 Å². The molecule has 1 aliphatic carbocycles. The van der Waals surface area contributed by atoms with E-state index in [1.165, 1.54) is 5.56 Å². The molecule has 3 heteroatoms. The molecule has 92 valence electrons. The Balaban J connectivity index is 2.13. The third kappa shape index (κ3) is 1.59. The van der Waals surface area contributed by atoms with E-state index >= 15 is 0 Å². The second-order valence-corrected chi connectivity index (χ2v) is 4.62. The van der Waals surface area contributed by atoms with E-state index in [9.17, 15) is 5.11 Å². The van der Waals surface area contributed by atoms with Gasteiger partial charge in [0.25, 0.3) is 0 Å². The zero-order chi connectivity index (χ0) is 12.6. The lowest BCUT2D eigenvalue weighted by Crippen LogP contribution is -2.23. The summed E-state index contributed by atoms with van der Waals surface area (Å²) in [7, 11) is 1.64. The molecular formula is C15H15NO2. The van der Waals surface area contributed by atoms with Gasteiger partial charge in [0.2, 0.25) is 0 Å². The maximum Gasteiger partial charge on any atom is 0.119 e. The number of benzene rings is 1. The minimum absolute atomic E-state index is 0.708. The van der Waals surface area contributed by atoms with Gasteiger partial charge >= 0.3 is 0 Å². The maximum atomic E-state index is 11.0. The monoisotopic (exact) mass is 241 g/mol. The number of pyridine rings is 1. The topological polar surface area (TPSA) is 42.4 Å². The van der Waals surface area contributed by atoms with Crippen molar-refractivity contribution in [2.75, 3.05) is 7.11 Å². The highest BCUT2D eigenvalue weighted by molar-refractivity contribution is 5.48. The lowest BCUT2D eigenvalue weighted by molar-refractivity contribution is 0.0826. The molecule has 0 saturated heterocycles. The number of rotatable bonds is 2. The number of fused-ring (bicyclic) bond motifs is 1. The molecule has 1 unspecified atom stereocenters. The van der Waals surface area contributed by atoms with Crippen molar-refractivity contribution >= 4 is 0 Å². The summed E-state index contributed by atoms with van der Waals surface area (Å²) in [4.78, 5) is 4.00. The van der Waals surface area contributed by atoms with Crippen molar-refractivity contribution in [2.45, 2.75) is 18.4 Å². The molecule has 0 fully saturated rings. The molecule has 0 saturated carbocycles. The highest BCUT2D eigenvalue weighted by atomic mass is 16.5. The summed E-state index contributed by atoms with van der Waals surface area (Å²) in [6.07, 6.45) is 5.02. The van der Waals surface area contributed by atoms with Crippen LogP contribution in [0.4, 0.5) is 0 Å². The summed E-state index contributed by atoms with van der Waals surface area (Å²) in [5.74, 6) is 0.781. The minimum atomic E-state index is -0.910. The number of aromatic nitrogens is 1. The van der Waals surface area contributed by atoms with Crippen molar-refractivity contribution in [2.24, 2.45) is 0 Å². The average molecular weight is 241 g/mol. The van der Waals surface area contributed by atoms with Gasteiger partial charge in [0, 0.05) is 12.4 Å². The Bertz CT molecular complexity index is 568. The standard InChI is InChI=1S/C15H15NO2/c1-18-13-3-2-11-4-7-15(17,14(11)10-13)12-5-8-16-9-6-12/h2-3,5-6,8-10,17H,4,7H2,1H3. The fourth-order valence-corrected chi connectivity index (χ4v) is 2.66. The summed E-state index contributed by atoms with van der Waals surface area (Å²) >= 11 is 0. The number of ether oxygens (including phenoxy) is 1. The van der Waals surface area contributed by atoms with Gasteiger partial charge < -0.3 is 9.84 Å². The van der Waals surface area contributed by atoms with Crippen LogP contribution in [-0.4, -0.2) is 17.2 Å². The Morgan fingerprint density at radius 3 is 2.72 bits per heavy atom. The normalized spacial score (nSPS) is 21.7. The summed E-state index contributed by atoms with van der Waals surface area (Å²) in [5.41, 5.74) is 2.12. The van der Waals surface area contributed by atoms with Gasteiger partial charge in [-0.2, -0.15) is 0 Å². The van der Waals surface area contributed by atoms with Gasteiger partial charge in [-0.05, 0) is 53.8 Å². The first-order valence-corrected chi connectivity index (χ1v) is 6.04. The Kier molecular flexibility index (Phi) is 2.56. The van der Waals surface area contributed by atoms with E-state index < -0.39 is 5.60 Å². The predicted octanol–water partition coefficient (Wildman–Crippen LogP) is 2.27. The zero-order valence-corrected chi connectivity index (χ0v) is 10.3. The van der Waals surface area contributed by atoms with Crippen LogP contribution < -0.4 is 4.74 Å². The molecule has 0 amide bonds. The van der Waals surface area contributed by atoms with Crippen LogP contribution in [0.15, 0.2) is 42.7 Å². The van der Waals surface area contributed by atoms with Crippen molar-refractivity contribution < 1.29 is 9.84 Å². The highest BCUT2D eigenvalue weighted by Gasteiger charge is 2.38. The predicted molar refractivity (Wildman–Crippen MR) is 68.6 cm³/mol. The van der Waals surface area contributed by atoms with Crippen molar-refractivity contribution in [3.63, 3.8) is 0 Å². The molecule has 0 bridgehead atoms. The largest absolute Gasteiger partial charge is 0.497 e. The van der Waals surface area contributed by atoms with Gasteiger partial charge in [0.1, 0.15) is 11.4 Å². The van der Waals surface area contributed by atoms with Gasteiger partial charge in [0.05, 0.1) is 7.11 Å². The molecule has 0 spiro atoms. The first-order chi connectivity index (χ1) is 8.74. The highest BCUT2D eigenvalue weighted by Crippen LogP contribution is 2.43. The molecule has 1 aromatic heterocycles. The van der Waals surface area contributed by atoms with E-state index in [0.717, 1.165) is 23.3 Å². The third-order valence-corrected chi connectivity index (χ3v) is 3.68. The Morgan fingerprint density at radius 1 is 1.22 bits per heavy atom. The van der Waals surface area contributed by atoms with Gasteiger partial charge in [-0.3, -0.25) is 4.98 Å². The van der Waals surface area contributed by atoms with Crippen LogP contribution in [0.5, 0.6) is 5.75 Å². The fraction of sp³-hybridized carbons (Fsp3) is 0.267. The van der Waals surface area contributed by atoms with E-state index in [4.69, 9.17) is 4.74 Å². The maximum absolute atomic E-state index is 11.0. The van der Waals surface area contributed by atoms with E-state index in [1.807, 2.05) is 30.3 Å². The lowest BCUT2D eigenvalue weighted by Gasteiger charge is -2.24. The molecule has 1 N–H and O–H groups in total. The lowest BCUT2D eigenvalue weighted by atomic mass is 9.88. The quantitative estimate of drug-likeness (QED) is 0.877. The summed E-state index contributed by atoms with van der Waals surface area (Å²) < 4.78 is 5.25. The second-order valence-electron chi connectivity index (χ2n) is 4.62. The molecule has 0 aliphatic heterocycles. The minimum Gasteiger partial charge on any atom is -0.497 e.